The van der Waals surface area contributed by atoms with Crippen molar-refractivity contribution in [3.63, 3.8) is 0 Å². The fourth-order valence-corrected chi connectivity index (χ4v) is 0.393. The zero-order valence-corrected chi connectivity index (χ0v) is 4.80. The van der Waals surface area contributed by atoms with E-state index in [0.717, 1.165) is 6.42 Å². The van der Waals surface area contributed by atoms with Gasteiger partial charge >= 0.3 is 0 Å². The van der Waals surface area contributed by atoms with Crippen LogP contribution in [-0.4, -0.2) is 0 Å². The third-order valence-electron chi connectivity index (χ3n) is 0.655. The molecule has 6 heavy (non-hydrogen) atoms. The van der Waals surface area contributed by atoms with Crippen LogP contribution >= 0.6 is 0 Å². The molecule has 0 N–H and O–H groups in total. The van der Waals surface area contributed by atoms with Gasteiger partial charge in [-0.25, -0.2) is 0 Å². The summed E-state index contributed by atoms with van der Waals surface area (Å²) in [7, 11) is 0. The SMILES string of the molecule is C1=CCC=C1.[Ag]. The van der Waals surface area contributed by atoms with Crippen LogP contribution in [0.5, 0.6) is 0 Å². The first-order chi connectivity index (χ1) is 2.50. The van der Waals surface area contributed by atoms with E-state index in [-0.39, 0.29) is 22.4 Å². The number of rotatable bonds is 0. The second kappa shape index (κ2) is 3.41. The van der Waals surface area contributed by atoms with E-state index >= 15 is 0 Å². The molecule has 0 saturated heterocycles. The molecule has 0 aliphatic heterocycles. The zero-order chi connectivity index (χ0) is 3.54. The number of allylic oxidation sites excluding steroid dienone is 4. The van der Waals surface area contributed by atoms with Crippen LogP contribution in [0.25, 0.3) is 0 Å². The molecule has 1 rings (SSSR count). The van der Waals surface area contributed by atoms with Crippen LogP contribution in [0.1, 0.15) is 6.42 Å². The first-order valence-corrected chi connectivity index (χ1v) is 1.82. The predicted octanol–water partition coefficient (Wildman–Crippen LogP) is 1.50. The van der Waals surface area contributed by atoms with Gasteiger partial charge < -0.3 is 0 Å². The number of hydrogen-bond donors (Lipinski definition) is 0. The molecule has 0 atom stereocenters. The van der Waals surface area contributed by atoms with E-state index in [1.165, 1.54) is 0 Å². The largest absolute Gasteiger partial charge is 0.0808 e. The molecule has 1 heteroatoms. The summed E-state index contributed by atoms with van der Waals surface area (Å²) in [6, 6.07) is 0. The summed E-state index contributed by atoms with van der Waals surface area (Å²) >= 11 is 0. The van der Waals surface area contributed by atoms with E-state index in [1.54, 1.807) is 0 Å². The Morgan fingerprint density at radius 3 is 1.67 bits per heavy atom. The van der Waals surface area contributed by atoms with E-state index in [9.17, 15) is 0 Å². The molecule has 1 radical (unpaired) electrons. The maximum absolute atomic E-state index is 2.12. The van der Waals surface area contributed by atoms with Crippen LogP contribution in [0.15, 0.2) is 24.3 Å². The Labute approximate surface area is 53.4 Å². The molecule has 0 bridgehead atoms. The summed E-state index contributed by atoms with van der Waals surface area (Å²) in [6.45, 7) is 0. The van der Waals surface area contributed by atoms with Crippen molar-refractivity contribution < 1.29 is 22.4 Å². The van der Waals surface area contributed by atoms with Crippen LogP contribution in [0.3, 0.4) is 0 Å². The molecule has 0 fully saturated rings. The van der Waals surface area contributed by atoms with E-state index < -0.39 is 0 Å². The Kier molecular flexibility index (Phi) is 3.54. The molecule has 37 valence electrons. The van der Waals surface area contributed by atoms with E-state index in [0.29, 0.717) is 0 Å². The average Bonchev–Trinajstić information content (AvgIpc) is 1.76. The smallest absolute Gasteiger partial charge is 0 e. The van der Waals surface area contributed by atoms with Crippen LogP contribution in [0.2, 0.25) is 0 Å². The molecule has 0 unspecified atom stereocenters. The molecule has 1 aliphatic rings. The van der Waals surface area contributed by atoms with Crippen LogP contribution < -0.4 is 0 Å². The van der Waals surface area contributed by atoms with Crippen molar-refractivity contribution in [1.29, 1.82) is 0 Å². The summed E-state index contributed by atoms with van der Waals surface area (Å²) in [5, 5.41) is 0. The maximum atomic E-state index is 2.12. The fourth-order valence-electron chi connectivity index (χ4n) is 0.393. The topological polar surface area (TPSA) is 0 Å². The molecule has 0 amide bonds. The van der Waals surface area contributed by atoms with E-state index in [4.69, 9.17) is 0 Å². The van der Waals surface area contributed by atoms with Gasteiger partial charge in [-0.2, -0.15) is 0 Å². The Hall–Kier alpha value is 0.220. The Morgan fingerprint density at radius 1 is 1.00 bits per heavy atom. The molecule has 1 aliphatic carbocycles. The third kappa shape index (κ3) is 1.61. The molecule has 0 aromatic rings. The average molecular weight is 174 g/mol. The second-order valence-electron chi connectivity index (χ2n) is 1.09. The Morgan fingerprint density at radius 2 is 1.50 bits per heavy atom. The van der Waals surface area contributed by atoms with Gasteiger partial charge in [0.1, 0.15) is 0 Å². The van der Waals surface area contributed by atoms with Crippen LogP contribution in [0, 0.1) is 0 Å². The maximum Gasteiger partial charge on any atom is 0 e. The summed E-state index contributed by atoms with van der Waals surface area (Å²) < 4.78 is 0. The second-order valence-corrected chi connectivity index (χ2v) is 1.09. The van der Waals surface area contributed by atoms with Crippen molar-refractivity contribution in [3.05, 3.63) is 24.3 Å². The standard InChI is InChI=1S/C5H6.Ag/c1-2-4-5-3-1;/h1-4H,5H2;. The van der Waals surface area contributed by atoms with Crippen LogP contribution in [-0.2, 0) is 22.4 Å². The fraction of sp³-hybridized carbons (Fsp3) is 0.200. The first-order valence-electron chi connectivity index (χ1n) is 1.82. The molecule has 0 aromatic carbocycles. The minimum Gasteiger partial charge on any atom is -0.0808 e. The van der Waals surface area contributed by atoms with Gasteiger partial charge in [0.05, 0.1) is 0 Å². The van der Waals surface area contributed by atoms with Gasteiger partial charge in [-0.1, -0.05) is 24.3 Å². The van der Waals surface area contributed by atoms with Crippen molar-refractivity contribution in [2.24, 2.45) is 0 Å². The van der Waals surface area contributed by atoms with Crippen molar-refractivity contribution in [2.75, 3.05) is 0 Å². The van der Waals surface area contributed by atoms with Crippen molar-refractivity contribution in [1.82, 2.24) is 0 Å². The third-order valence-corrected chi connectivity index (χ3v) is 0.655. The normalized spacial score (nSPS) is 14.7. The molecular formula is C5H6Ag. The van der Waals surface area contributed by atoms with Gasteiger partial charge in [0.25, 0.3) is 0 Å². The summed E-state index contributed by atoms with van der Waals surface area (Å²) in [5.74, 6) is 0. The van der Waals surface area contributed by atoms with Crippen molar-refractivity contribution in [3.8, 4) is 0 Å². The zero-order valence-electron chi connectivity index (χ0n) is 3.32. The Bertz CT molecular complexity index is 62.0. The molecule has 0 heterocycles. The number of hydrogen-bond acceptors (Lipinski definition) is 0. The summed E-state index contributed by atoms with van der Waals surface area (Å²) in [5.41, 5.74) is 0. The van der Waals surface area contributed by atoms with Gasteiger partial charge in [-0.05, 0) is 6.42 Å². The van der Waals surface area contributed by atoms with Gasteiger partial charge in [-0.3, -0.25) is 0 Å². The first kappa shape index (κ1) is 6.22. The van der Waals surface area contributed by atoms with Gasteiger partial charge in [0.2, 0.25) is 0 Å². The molecule has 0 saturated carbocycles. The minimum absolute atomic E-state index is 0. The van der Waals surface area contributed by atoms with E-state index in [1.807, 2.05) is 0 Å². The molecular weight excluding hydrogens is 168 g/mol. The monoisotopic (exact) mass is 173 g/mol. The minimum atomic E-state index is 0. The quantitative estimate of drug-likeness (QED) is 0.488. The van der Waals surface area contributed by atoms with Crippen LogP contribution in [0.4, 0.5) is 0 Å². The van der Waals surface area contributed by atoms with E-state index in [2.05, 4.69) is 24.3 Å². The van der Waals surface area contributed by atoms with Gasteiger partial charge in [0, 0.05) is 22.4 Å². The predicted molar refractivity (Wildman–Crippen MR) is 22.9 cm³/mol. The summed E-state index contributed by atoms with van der Waals surface area (Å²) in [4.78, 5) is 0. The molecule has 0 nitrogen and oxygen atoms in total. The van der Waals surface area contributed by atoms with Crippen molar-refractivity contribution in [2.45, 2.75) is 6.42 Å². The Balaban J connectivity index is 0.000000250. The molecule has 0 aromatic heterocycles. The molecule has 0 spiro atoms. The van der Waals surface area contributed by atoms with Gasteiger partial charge in [0.15, 0.2) is 0 Å². The summed E-state index contributed by atoms with van der Waals surface area (Å²) in [6.07, 6.45) is 9.50. The van der Waals surface area contributed by atoms with Gasteiger partial charge in [-0.15, -0.1) is 0 Å². The van der Waals surface area contributed by atoms with Crippen molar-refractivity contribution >= 4 is 0 Å².